The van der Waals surface area contributed by atoms with Crippen LogP contribution in [0.1, 0.15) is 26.7 Å². The van der Waals surface area contributed by atoms with Gasteiger partial charge in [0.2, 0.25) is 5.13 Å². The fourth-order valence-electron chi connectivity index (χ4n) is 3.27. The smallest absolute Gasteiger partial charge is 0.210 e. The number of hydrogen-bond acceptors (Lipinski definition) is 5. The lowest BCUT2D eigenvalue weighted by Crippen LogP contribution is -2.26. The van der Waals surface area contributed by atoms with Gasteiger partial charge in [-0.15, -0.1) is 0 Å². The molecule has 4 nitrogen and oxygen atoms in total. The Morgan fingerprint density at radius 1 is 1.20 bits per heavy atom. The minimum atomic E-state index is -0.201. The molecule has 0 amide bonds. The zero-order chi connectivity index (χ0) is 17.6. The highest BCUT2D eigenvalue weighted by atomic mass is 32.1. The molecule has 0 fully saturated rings. The Morgan fingerprint density at radius 3 is 2.80 bits per heavy atom. The van der Waals surface area contributed by atoms with Crippen molar-refractivity contribution in [1.82, 2.24) is 4.98 Å². The van der Waals surface area contributed by atoms with Gasteiger partial charge in [-0.05, 0) is 16.9 Å². The van der Waals surface area contributed by atoms with Gasteiger partial charge in [0.25, 0.3) is 0 Å². The number of allylic oxidation sites excluding steroid dienone is 2. The Hall–Kier alpha value is -2.53. The molecule has 0 atom stereocenters. The summed E-state index contributed by atoms with van der Waals surface area (Å²) in [6.07, 6.45) is 2.38. The molecule has 0 aliphatic heterocycles. The molecule has 0 saturated carbocycles. The number of ketones is 1. The second kappa shape index (κ2) is 5.77. The summed E-state index contributed by atoms with van der Waals surface area (Å²) in [5.74, 6) is 0.0561. The van der Waals surface area contributed by atoms with Gasteiger partial charge in [-0.25, -0.2) is 9.98 Å². The van der Waals surface area contributed by atoms with Crippen LogP contribution in [0.25, 0.3) is 21.0 Å². The summed E-state index contributed by atoms with van der Waals surface area (Å²) >= 11 is 1.49. The number of rotatable bonds is 2. The van der Waals surface area contributed by atoms with Gasteiger partial charge in [0.1, 0.15) is 5.76 Å². The average molecular weight is 350 g/mol. The van der Waals surface area contributed by atoms with E-state index >= 15 is 0 Å². The topological polar surface area (TPSA) is 62.5 Å². The quantitative estimate of drug-likeness (QED) is 0.633. The number of benzene rings is 2. The number of aromatic nitrogens is 1. The fourth-order valence-corrected chi connectivity index (χ4v) is 4.21. The van der Waals surface area contributed by atoms with Crippen molar-refractivity contribution in [2.75, 3.05) is 0 Å². The lowest BCUT2D eigenvalue weighted by atomic mass is 9.77. The van der Waals surface area contributed by atoms with E-state index in [0.717, 1.165) is 15.6 Å². The van der Waals surface area contributed by atoms with Crippen LogP contribution >= 0.6 is 11.3 Å². The van der Waals surface area contributed by atoms with E-state index in [2.05, 4.69) is 22.1 Å². The lowest BCUT2D eigenvalue weighted by molar-refractivity contribution is -0.117. The van der Waals surface area contributed by atoms with Gasteiger partial charge >= 0.3 is 0 Å². The standard InChI is InChI=1S/C20H18N2O2S/c1-20(2)9-16(23)14(17(24)10-20)11-21-19-22-15-8-7-12-5-3-4-6-13(12)18(15)25-19/h3-8,11,23H,9-10H2,1-2H3. The average Bonchev–Trinajstić information content (AvgIpc) is 2.96. The van der Waals surface area contributed by atoms with E-state index in [0.29, 0.717) is 23.5 Å². The predicted molar refractivity (Wildman–Crippen MR) is 103 cm³/mol. The Balaban J connectivity index is 1.72. The Bertz CT molecular complexity index is 1060. The molecule has 2 aromatic carbocycles. The SMILES string of the molecule is CC1(C)CC(=O)C(C=Nc2nc3ccc4ccccc4c3s2)=C(O)C1. The summed E-state index contributed by atoms with van der Waals surface area (Å²) in [4.78, 5) is 21.2. The molecular formula is C20H18N2O2S. The molecule has 3 aromatic rings. The van der Waals surface area contributed by atoms with E-state index in [-0.39, 0.29) is 17.0 Å². The van der Waals surface area contributed by atoms with Gasteiger partial charge in [0.15, 0.2) is 5.78 Å². The van der Waals surface area contributed by atoms with Crippen LogP contribution in [0.15, 0.2) is 52.7 Å². The van der Waals surface area contributed by atoms with Crippen LogP contribution < -0.4 is 0 Å². The normalized spacial score (nSPS) is 17.9. The molecule has 1 aliphatic carbocycles. The molecule has 0 spiro atoms. The number of carbonyl (C=O) groups excluding carboxylic acids is 1. The second-order valence-corrected chi connectivity index (χ2v) is 8.17. The van der Waals surface area contributed by atoms with Gasteiger partial charge in [-0.2, -0.15) is 0 Å². The third-order valence-electron chi connectivity index (χ3n) is 4.47. The first-order valence-electron chi connectivity index (χ1n) is 8.21. The molecule has 1 N–H and O–H groups in total. The Labute approximate surface area is 149 Å². The maximum atomic E-state index is 12.3. The minimum Gasteiger partial charge on any atom is -0.511 e. The van der Waals surface area contributed by atoms with Crippen molar-refractivity contribution in [3.63, 3.8) is 0 Å². The van der Waals surface area contributed by atoms with E-state index in [4.69, 9.17) is 0 Å². The maximum absolute atomic E-state index is 12.3. The molecule has 0 radical (unpaired) electrons. The summed E-state index contributed by atoms with van der Waals surface area (Å²) in [6, 6.07) is 12.2. The highest BCUT2D eigenvalue weighted by Crippen LogP contribution is 2.36. The molecular weight excluding hydrogens is 332 g/mol. The van der Waals surface area contributed by atoms with Crippen molar-refractivity contribution >= 4 is 49.5 Å². The molecule has 126 valence electrons. The number of aliphatic imine (C=N–C) groups is 1. The molecule has 1 aromatic heterocycles. The lowest BCUT2D eigenvalue weighted by Gasteiger charge is -2.28. The Morgan fingerprint density at radius 2 is 2.00 bits per heavy atom. The zero-order valence-corrected chi connectivity index (χ0v) is 14.9. The van der Waals surface area contributed by atoms with Gasteiger partial charge in [0, 0.05) is 24.4 Å². The molecule has 0 saturated heterocycles. The van der Waals surface area contributed by atoms with Crippen molar-refractivity contribution in [3.8, 4) is 0 Å². The van der Waals surface area contributed by atoms with Crippen LogP contribution in [0.3, 0.4) is 0 Å². The number of fused-ring (bicyclic) bond motifs is 3. The van der Waals surface area contributed by atoms with Crippen LogP contribution in [0.5, 0.6) is 0 Å². The van der Waals surface area contributed by atoms with Crippen molar-refractivity contribution in [3.05, 3.63) is 47.7 Å². The largest absolute Gasteiger partial charge is 0.511 e. The van der Waals surface area contributed by atoms with E-state index in [9.17, 15) is 9.90 Å². The van der Waals surface area contributed by atoms with Crippen LogP contribution in [-0.2, 0) is 4.79 Å². The van der Waals surface area contributed by atoms with E-state index in [1.54, 1.807) is 0 Å². The van der Waals surface area contributed by atoms with Crippen molar-refractivity contribution < 1.29 is 9.90 Å². The Kier molecular flexibility index (Phi) is 3.69. The van der Waals surface area contributed by atoms with Gasteiger partial charge in [-0.3, -0.25) is 4.79 Å². The molecule has 0 bridgehead atoms. The summed E-state index contributed by atoms with van der Waals surface area (Å²) < 4.78 is 1.08. The minimum absolute atomic E-state index is 0.0657. The number of Topliss-reactive ketones (excluding diaryl/α,β-unsaturated/α-hetero) is 1. The van der Waals surface area contributed by atoms with Crippen LogP contribution in [-0.4, -0.2) is 22.1 Å². The van der Waals surface area contributed by atoms with Crippen LogP contribution in [0.2, 0.25) is 0 Å². The number of thiazole rings is 1. The summed E-state index contributed by atoms with van der Waals surface area (Å²) in [7, 11) is 0. The summed E-state index contributed by atoms with van der Waals surface area (Å²) in [6.45, 7) is 3.96. The van der Waals surface area contributed by atoms with Gasteiger partial charge in [0.05, 0.1) is 15.8 Å². The first-order chi connectivity index (χ1) is 11.9. The molecule has 1 aliphatic rings. The molecule has 25 heavy (non-hydrogen) atoms. The summed E-state index contributed by atoms with van der Waals surface area (Å²) in [5.41, 5.74) is 1.00. The van der Waals surface area contributed by atoms with Crippen molar-refractivity contribution in [2.24, 2.45) is 10.4 Å². The fraction of sp³-hybridized carbons (Fsp3) is 0.250. The number of aliphatic hydroxyl groups excluding tert-OH is 1. The van der Waals surface area contributed by atoms with Crippen molar-refractivity contribution in [1.29, 1.82) is 0 Å². The summed E-state index contributed by atoms with van der Waals surface area (Å²) in [5, 5.41) is 13.1. The number of carbonyl (C=O) groups is 1. The first kappa shape index (κ1) is 16.0. The van der Waals surface area contributed by atoms with E-state index in [1.807, 2.05) is 38.1 Å². The number of aliphatic hydroxyl groups is 1. The maximum Gasteiger partial charge on any atom is 0.210 e. The van der Waals surface area contributed by atoms with E-state index in [1.165, 1.54) is 22.9 Å². The molecule has 5 heteroatoms. The molecule has 4 rings (SSSR count). The van der Waals surface area contributed by atoms with Crippen LogP contribution in [0.4, 0.5) is 5.13 Å². The molecule has 0 unspecified atom stereocenters. The number of nitrogens with zero attached hydrogens (tertiary/aromatic N) is 2. The highest BCUT2D eigenvalue weighted by molar-refractivity contribution is 7.22. The third-order valence-corrected chi connectivity index (χ3v) is 5.48. The van der Waals surface area contributed by atoms with E-state index < -0.39 is 0 Å². The van der Waals surface area contributed by atoms with Gasteiger partial charge < -0.3 is 5.11 Å². The monoisotopic (exact) mass is 350 g/mol. The van der Waals surface area contributed by atoms with Crippen LogP contribution in [0, 0.1) is 5.41 Å². The van der Waals surface area contributed by atoms with Crippen molar-refractivity contribution in [2.45, 2.75) is 26.7 Å². The third kappa shape index (κ3) is 2.96. The highest BCUT2D eigenvalue weighted by Gasteiger charge is 2.32. The zero-order valence-electron chi connectivity index (χ0n) is 14.1. The number of hydrogen-bond donors (Lipinski definition) is 1. The predicted octanol–water partition coefficient (Wildman–Crippen LogP) is 5.35. The second-order valence-electron chi connectivity index (χ2n) is 7.19. The molecule has 1 heterocycles. The first-order valence-corrected chi connectivity index (χ1v) is 9.02. The van der Waals surface area contributed by atoms with Gasteiger partial charge in [-0.1, -0.05) is 55.5 Å².